The molecule has 4 N–H and O–H groups in total. The van der Waals surface area contributed by atoms with Gasteiger partial charge >= 0.3 is 6.09 Å². The monoisotopic (exact) mass is 433 g/mol. The summed E-state index contributed by atoms with van der Waals surface area (Å²) in [5, 5.41) is 12.1. The highest BCUT2D eigenvalue weighted by molar-refractivity contribution is 5.93. The van der Waals surface area contributed by atoms with E-state index >= 15 is 0 Å². The van der Waals surface area contributed by atoms with Crippen LogP contribution in [0.15, 0.2) is 29.3 Å². The van der Waals surface area contributed by atoms with Crippen LogP contribution in [0.1, 0.15) is 69.8 Å². The van der Waals surface area contributed by atoms with Gasteiger partial charge in [-0.15, -0.1) is 0 Å². The van der Waals surface area contributed by atoms with Crippen molar-refractivity contribution in [2.45, 2.75) is 72.1 Å². The van der Waals surface area contributed by atoms with Gasteiger partial charge in [0.1, 0.15) is 5.60 Å². The van der Waals surface area contributed by atoms with Crippen molar-refractivity contribution in [2.75, 3.05) is 20.1 Å². The fourth-order valence-electron chi connectivity index (χ4n) is 2.79. The molecular weight excluding hydrogens is 394 g/mol. The number of benzene rings is 1. The predicted molar refractivity (Wildman–Crippen MR) is 125 cm³/mol. The zero-order valence-electron chi connectivity index (χ0n) is 19.8. The Hall–Kier alpha value is -2.77. The highest BCUT2D eigenvalue weighted by Crippen LogP contribution is 2.08. The molecule has 0 aliphatic heterocycles. The van der Waals surface area contributed by atoms with Crippen LogP contribution in [-0.2, 0) is 11.3 Å². The van der Waals surface area contributed by atoms with Gasteiger partial charge in [-0.2, -0.15) is 0 Å². The number of aliphatic imine (C=N–C) groups is 1. The third-order valence-corrected chi connectivity index (χ3v) is 4.35. The molecule has 1 rings (SSSR count). The van der Waals surface area contributed by atoms with Crippen LogP contribution in [-0.4, -0.2) is 49.7 Å². The summed E-state index contributed by atoms with van der Waals surface area (Å²) in [4.78, 5) is 28.4. The lowest BCUT2D eigenvalue weighted by molar-refractivity contribution is 0.0522. The van der Waals surface area contributed by atoms with E-state index in [2.05, 4.69) is 33.2 Å². The lowest BCUT2D eigenvalue weighted by Crippen LogP contribution is -2.49. The highest BCUT2D eigenvalue weighted by atomic mass is 16.6. The first-order valence-electron chi connectivity index (χ1n) is 11.0. The summed E-state index contributed by atoms with van der Waals surface area (Å²) in [5.74, 6) is 0.575. The molecule has 0 fully saturated rings. The van der Waals surface area contributed by atoms with E-state index in [1.165, 1.54) is 0 Å². The van der Waals surface area contributed by atoms with Crippen molar-refractivity contribution in [2.24, 2.45) is 4.99 Å². The molecule has 2 amide bonds. The van der Waals surface area contributed by atoms with Gasteiger partial charge in [-0.3, -0.25) is 4.79 Å². The average molecular weight is 434 g/mol. The molecule has 0 bridgehead atoms. The molecule has 0 aliphatic rings. The minimum absolute atomic E-state index is 0.0286. The number of ether oxygens (including phenoxy) is 1. The number of nitrogens with zero attached hydrogens (tertiary/aromatic N) is 1. The van der Waals surface area contributed by atoms with E-state index in [1.807, 2.05) is 39.8 Å². The maximum Gasteiger partial charge on any atom is 0.407 e. The Morgan fingerprint density at radius 2 is 1.77 bits per heavy atom. The number of hydrogen-bond donors (Lipinski definition) is 4. The van der Waals surface area contributed by atoms with Gasteiger partial charge in [0.2, 0.25) is 0 Å². The molecular formula is C23H39N5O3. The minimum Gasteiger partial charge on any atom is -0.444 e. The van der Waals surface area contributed by atoms with Crippen LogP contribution in [0.4, 0.5) is 4.79 Å². The first-order chi connectivity index (χ1) is 14.7. The molecule has 0 spiro atoms. The van der Waals surface area contributed by atoms with Crippen LogP contribution in [0, 0.1) is 0 Å². The van der Waals surface area contributed by atoms with Crippen molar-refractivity contribution in [1.29, 1.82) is 0 Å². The fourth-order valence-corrected chi connectivity index (χ4v) is 2.79. The number of alkyl carbamates (subject to hydrolysis) is 1. The van der Waals surface area contributed by atoms with E-state index in [9.17, 15) is 9.59 Å². The standard InChI is InChI=1S/C23H39N5O3/c1-7-9-10-19(16-27-22(30)31-23(3,4)5)28-21(25-8-2)26-15-17-11-13-18(14-12-17)20(29)24-6/h11-14,19H,7-10,15-16H2,1-6H3,(H,24,29)(H,27,30)(H2,25,26,28). The summed E-state index contributed by atoms with van der Waals surface area (Å²) >= 11 is 0. The van der Waals surface area contributed by atoms with E-state index in [4.69, 9.17) is 4.74 Å². The molecule has 1 unspecified atom stereocenters. The first-order valence-corrected chi connectivity index (χ1v) is 11.0. The number of carbonyl (C=O) groups excluding carboxylic acids is 2. The second-order valence-electron chi connectivity index (χ2n) is 8.34. The van der Waals surface area contributed by atoms with Crippen molar-refractivity contribution in [3.05, 3.63) is 35.4 Å². The summed E-state index contributed by atoms with van der Waals surface area (Å²) in [7, 11) is 1.61. The quantitative estimate of drug-likeness (QED) is 0.335. The van der Waals surface area contributed by atoms with Gasteiger partial charge in [0.25, 0.3) is 5.91 Å². The second-order valence-corrected chi connectivity index (χ2v) is 8.34. The van der Waals surface area contributed by atoms with Crippen molar-refractivity contribution in [1.82, 2.24) is 21.3 Å². The van der Waals surface area contributed by atoms with Crippen molar-refractivity contribution in [3.63, 3.8) is 0 Å². The van der Waals surface area contributed by atoms with Crippen molar-refractivity contribution < 1.29 is 14.3 Å². The second kappa shape index (κ2) is 13.5. The molecule has 1 atom stereocenters. The number of amides is 2. The van der Waals surface area contributed by atoms with Crippen LogP contribution in [0.2, 0.25) is 0 Å². The Kier molecular flexibility index (Phi) is 11.5. The number of guanidine groups is 1. The number of nitrogens with one attached hydrogen (secondary N) is 4. The van der Waals surface area contributed by atoms with Crippen molar-refractivity contribution in [3.8, 4) is 0 Å². The van der Waals surface area contributed by atoms with E-state index in [1.54, 1.807) is 19.2 Å². The minimum atomic E-state index is -0.528. The average Bonchev–Trinajstić information content (AvgIpc) is 2.72. The Labute approximate surface area is 186 Å². The van der Waals surface area contributed by atoms with Gasteiger partial charge in [0, 0.05) is 31.7 Å². The van der Waals surface area contributed by atoms with Gasteiger partial charge in [-0.05, 0) is 51.8 Å². The molecule has 0 radical (unpaired) electrons. The van der Waals surface area contributed by atoms with E-state index < -0.39 is 11.7 Å². The Morgan fingerprint density at radius 3 is 2.32 bits per heavy atom. The third-order valence-electron chi connectivity index (χ3n) is 4.35. The van der Waals surface area contributed by atoms with Crippen molar-refractivity contribution >= 4 is 18.0 Å². The highest BCUT2D eigenvalue weighted by Gasteiger charge is 2.18. The normalized spacial score (nSPS) is 12.6. The zero-order valence-corrected chi connectivity index (χ0v) is 19.8. The number of rotatable bonds is 10. The number of unbranched alkanes of at least 4 members (excludes halogenated alkanes) is 1. The Bertz CT molecular complexity index is 711. The van der Waals surface area contributed by atoms with Gasteiger partial charge in [-0.25, -0.2) is 9.79 Å². The summed E-state index contributed by atoms with van der Waals surface area (Å²) in [6.07, 6.45) is 2.58. The van der Waals surface area contributed by atoms with Crippen LogP contribution in [0.5, 0.6) is 0 Å². The molecule has 31 heavy (non-hydrogen) atoms. The molecule has 1 aromatic rings. The Balaban J connectivity index is 2.76. The zero-order chi connectivity index (χ0) is 23.3. The molecule has 0 heterocycles. The molecule has 174 valence electrons. The SMILES string of the molecule is CCCCC(CNC(=O)OC(C)(C)C)NC(=NCc1ccc(C(=O)NC)cc1)NCC. The van der Waals surface area contributed by atoms with Crippen LogP contribution in [0.25, 0.3) is 0 Å². The summed E-state index contributed by atoms with van der Waals surface area (Å²) in [5.41, 5.74) is 1.09. The molecule has 1 aromatic carbocycles. The van der Waals surface area contributed by atoms with Crippen LogP contribution >= 0.6 is 0 Å². The lowest BCUT2D eigenvalue weighted by Gasteiger charge is -2.24. The lowest BCUT2D eigenvalue weighted by atomic mass is 10.1. The Morgan fingerprint density at radius 1 is 1.10 bits per heavy atom. The summed E-state index contributed by atoms with van der Waals surface area (Å²) < 4.78 is 5.33. The molecule has 0 saturated heterocycles. The fraction of sp³-hybridized carbons (Fsp3) is 0.609. The topological polar surface area (TPSA) is 104 Å². The molecule has 0 saturated carbocycles. The summed E-state index contributed by atoms with van der Waals surface area (Å²) in [6, 6.07) is 7.41. The predicted octanol–water partition coefficient (Wildman–Crippen LogP) is 3.18. The molecule has 0 aromatic heterocycles. The largest absolute Gasteiger partial charge is 0.444 e. The van der Waals surface area contributed by atoms with Gasteiger partial charge < -0.3 is 26.0 Å². The van der Waals surface area contributed by atoms with Gasteiger partial charge in [0.15, 0.2) is 5.96 Å². The maximum atomic E-state index is 12.0. The molecule has 0 aliphatic carbocycles. The number of carbonyl (C=O) groups is 2. The van der Waals surface area contributed by atoms with E-state index in [0.717, 1.165) is 31.4 Å². The number of hydrogen-bond acceptors (Lipinski definition) is 4. The smallest absolute Gasteiger partial charge is 0.407 e. The first kappa shape index (κ1) is 26.3. The van der Waals surface area contributed by atoms with Crippen LogP contribution in [0.3, 0.4) is 0 Å². The third kappa shape index (κ3) is 11.3. The van der Waals surface area contributed by atoms with E-state index in [0.29, 0.717) is 24.6 Å². The van der Waals surface area contributed by atoms with E-state index in [-0.39, 0.29) is 11.9 Å². The van der Waals surface area contributed by atoms with Gasteiger partial charge in [-0.1, -0.05) is 31.9 Å². The van der Waals surface area contributed by atoms with Crippen LogP contribution < -0.4 is 21.3 Å². The molecule has 8 heteroatoms. The van der Waals surface area contributed by atoms with Gasteiger partial charge in [0.05, 0.1) is 6.54 Å². The molecule has 8 nitrogen and oxygen atoms in total. The summed E-state index contributed by atoms with van der Waals surface area (Å²) in [6.45, 7) is 11.3. The maximum absolute atomic E-state index is 12.0.